The van der Waals surface area contributed by atoms with E-state index in [4.69, 9.17) is 11.6 Å². The predicted molar refractivity (Wildman–Crippen MR) is 86.2 cm³/mol. The van der Waals surface area contributed by atoms with Crippen LogP contribution in [0.4, 0.5) is 5.69 Å². The molecule has 0 fully saturated rings. The summed E-state index contributed by atoms with van der Waals surface area (Å²) in [5, 5.41) is 4.25. The fourth-order valence-electron chi connectivity index (χ4n) is 2.07. The fraction of sp³-hybridized carbons (Fsp3) is 0.625. The average molecular weight is 283 g/mol. The topological polar surface area (TPSA) is 15.3 Å². The molecule has 1 atom stereocenters. The second kappa shape index (κ2) is 8.44. The Morgan fingerprint density at radius 3 is 2.63 bits per heavy atom. The first-order valence-electron chi connectivity index (χ1n) is 7.28. The van der Waals surface area contributed by atoms with Gasteiger partial charge in [0.2, 0.25) is 0 Å². The van der Waals surface area contributed by atoms with Crippen LogP contribution in [0.1, 0.15) is 39.2 Å². The fourth-order valence-corrected chi connectivity index (χ4v) is 2.42. The normalized spacial score (nSPS) is 12.5. The Kier molecular flexibility index (Phi) is 7.25. The van der Waals surface area contributed by atoms with E-state index in [0.717, 1.165) is 36.8 Å². The van der Waals surface area contributed by atoms with Crippen LogP contribution in [0.2, 0.25) is 5.02 Å². The van der Waals surface area contributed by atoms with Crippen molar-refractivity contribution in [3.8, 4) is 0 Å². The van der Waals surface area contributed by atoms with Crippen LogP contribution in [0.3, 0.4) is 0 Å². The number of anilines is 1. The monoisotopic (exact) mass is 282 g/mol. The summed E-state index contributed by atoms with van der Waals surface area (Å²) in [6, 6.07) is 6.37. The van der Waals surface area contributed by atoms with Gasteiger partial charge >= 0.3 is 0 Å². The van der Waals surface area contributed by atoms with Gasteiger partial charge in [-0.15, -0.1) is 0 Å². The minimum absolute atomic E-state index is 0.687. The van der Waals surface area contributed by atoms with Crippen molar-refractivity contribution in [3.05, 3.63) is 28.8 Å². The van der Waals surface area contributed by atoms with E-state index in [1.165, 1.54) is 12.0 Å². The Hall–Kier alpha value is -0.730. The van der Waals surface area contributed by atoms with Crippen LogP contribution in [-0.4, -0.2) is 20.1 Å². The van der Waals surface area contributed by atoms with Gasteiger partial charge in [0.15, 0.2) is 0 Å². The van der Waals surface area contributed by atoms with Crippen molar-refractivity contribution in [1.82, 2.24) is 5.32 Å². The molecule has 0 amide bonds. The SMILES string of the molecule is CCCNCc1ccc(N(C)CC(C)CC)c(Cl)c1. The van der Waals surface area contributed by atoms with E-state index in [1.807, 2.05) is 0 Å². The Balaban J connectivity index is 2.65. The molecule has 0 aromatic heterocycles. The molecule has 3 heteroatoms. The molecule has 0 saturated carbocycles. The third-order valence-corrected chi connectivity index (χ3v) is 3.76. The zero-order valence-corrected chi connectivity index (χ0v) is 13.4. The maximum Gasteiger partial charge on any atom is 0.0642 e. The summed E-state index contributed by atoms with van der Waals surface area (Å²) >= 11 is 6.39. The van der Waals surface area contributed by atoms with Crippen molar-refractivity contribution >= 4 is 17.3 Å². The van der Waals surface area contributed by atoms with Gasteiger partial charge in [0.1, 0.15) is 0 Å². The number of hydrogen-bond acceptors (Lipinski definition) is 2. The minimum atomic E-state index is 0.687. The third kappa shape index (κ3) is 5.42. The second-order valence-electron chi connectivity index (χ2n) is 5.36. The zero-order chi connectivity index (χ0) is 14.3. The molecule has 0 aliphatic heterocycles. The van der Waals surface area contributed by atoms with Gasteiger partial charge in [-0.25, -0.2) is 0 Å². The quantitative estimate of drug-likeness (QED) is 0.714. The largest absolute Gasteiger partial charge is 0.373 e. The number of halogens is 1. The predicted octanol–water partition coefficient (Wildman–Crippen LogP) is 4.32. The van der Waals surface area contributed by atoms with Crippen molar-refractivity contribution < 1.29 is 0 Å². The highest BCUT2D eigenvalue weighted by Crippen LogP contribution is 2.27. The number of nitrogens with one attached hydrogen (secondary N) is 1. The van der Waals surface area contributed by atoms with E-state index in [2.05, 4.69) is 56.2 Å². The van der Waals surface area contributed by atoms with E-state index < -0.39 is 0 Å². The van der Waals surface area contributed by atoms with Gasteiger partial charge in [0, 0.05) is 20.1 Å². The van der Waals surface area contributed by atoms with E-state index in [0.29, 0.717) is 5.92 Å². The first-order chi connectivity index (χ1) is 9.08. The molecule has 1 aromatic carbocycles. The van der Waals surface area contributed by atoms with Crippen LogP contribution in [-0.2, 0) is 6.54 Å². The van der Waals surface area contributed by atoms with Crippen molar-refractivity contribution in [2.45, 2.75) is 40.2 Å². The molecule has 2 nitrogen and oxygen atoms in total. The minimum Gasteiger partial charge on any atom is -0.373 e. The number of rotatable bonds is 8. The number of hydrogen-bond donors (Lipinski definition) is 1. The van der Waals surface area contributed by atoms with Crippen molar-refractivity contribution in [3.63, 3.8) is 0 Å². The van der Waals surface area contributed by atoms with Crippen molar-refractivity contribution in [2.75, 3.05) is 25.0 Å². The third-order valence-electron chi connectivity index (χ3n) is 3.46. The van der Waals surface area contributed by atoms with Gasteiger partial charge in [-0.05, 0) is 36.6 Å². The molecular formula is C16H27ClN2. The van der Waals surface area contributed by atoms with Crippen LogP contribution in [0.25, 0.3) is 0 Å². The van der Waals surface area contributed by atoms with Crippen LogP contribution < -0.4 is 10.2 Å². The van der Waals surface area contributed by atoms with Crippen molar-refractivity contribution in [2.24, 2.45) is 5.92 Å². The molecule has 1 unspecified atom stereocenters. The highest BCUT2D eigenvalue weighted by Gasteiger charge is 2.09. The molecule has 0 aliphatic rings. The molecule has 1 N–H and O–H groups in total. The summed E-state index contributed by atoms with van der Waals surface area (Å²) in [7, 11) is 2.11. The molecule has 0 radical (unpaired) electrons. The van der Waals surface area contributed by atoms with E-state index in [-0.39, 0.29) is 0 Å². The Morgan fingerprint density at radius 2 is 2.05 bits per heavy atom. The molecule has 0 saturated heterocycles. The molecular weight excluding hydrogens is 256 g/mol. The van der Waals surface area contributed by atoms with Crippen LogP contribution in [0, 0.1) is 5.92 Å². The average Bonchev–Trinajstić information content (AvgIpc) is 2.38. The maximum atomic E-state index is 6.39. The molecule has 0 spiro atoms. The second-order valence-corrected chi connectivity index (χ2v) is 5.76. The van der Waals surface area contributed by atoms with Gasteiger partial charge in [0.25, 0.3) is 0 Å². The van der Waals surface area contributed by atoms with Gasteiger partial charge < -0.3 is 10.2 Å². The molecule has 1 aromatic rings. The summed E-state index contributed by atoms with van der Waals surface area (Å²) in [6.45, 7) is 9.66. The van der Waals surface area contributed by atoms with Gasteiger partial charge in [-0.2, -0.15) is 0 Å². The molecule has 0 bridgehead atoms. The Labute approximate surface area is 123 Å². The number of benzene rings is 1. The lowest BCUT2D eigenvalue weighted by Crippen LogP contribution is -2.24. The lowest BCUT2D eigenvalue weighted by Gasteiger charge is -2.24. The van der Waals surface area contributed by atoms with Crippen LogP contribution in [0.15, 0.2) is 18.2 Å². The Morgan fingerprint density at radius 1 is 1.32 bits per heavy atom. The standard InChI is InChI=1S/C16H27ClN2/c1-5-9-18-11-14-7-8-16(15(17)10-14)19(4)12-13(3)6-2/h7-8,10,13,18H,5-6,9,11-12H2,1-4H3. The summed E-state index contributed by atoms with van der Waals surface area (Å²) in [5.74, 6) is 0.687. The summed E-state index contributed by atoms with van der Waals surface area (Å²) in [5.41, 5.74) is 2.38. The molecule has 19 heavy (non-hydrogen) atoms. The lowest BCUT2D eigenvalue weighted by molar-refractivity contribution is 0.560. The van der Waals surface area contributed by atoms with Gasteiger partial charge in [-0.1, -0.05) is 44.9 Å². The molecule has 0 heterocycles. The van der Waals surface area contributed by atoms with Crippen LogP contribution in [0.5, 0.6) is 0 Å². The zero-order valence-electron chi connectivity index (χ0n) is 12.7. The molecule has 0 aliphatic carbocycles. The number of nitrogens with zero attached hydrogens (tertiary/aromatic N) is 1. The van der Waals surface area contributed by atoms with E-state index >= 15 is 0 Å². The highest BCUT2D eigenvalue weighted by atomic mass is 35.5. The van der Waals surface area contributed by atoms with E-state index in [9.17, 15) is 0 Å². The van der Waals surface area contributed by atoms with Crippen molar-refractivity contribution in [1.29, 1.82) is 0 Å². The first-order valence-corrected chi connectivity index (χ1v) is 7.66. The van der Waals surface area contributed by atoms with E-state index in [1.54, 1.807) is 0 Å². The first kappa shape index (κ1) is 16.3. The molecule has 1 rings (SSSR count). The summed E-state index contributed by atoms with van der Waals surface area (Å²) in [6.07, 6.45) is 2.35. The highest BCUT2D eigenvalue weighted by molar-refractivity contribution is 6.33. The smallest absolute Gasteiger partial charge is 0.0642 e. The summed E-state index contributed by atoms with van der Waals surface area (Å²) < 4.78 is 0. The van der Waals surface area contributed by atoms with Gasteiger partial charge in [0.05, 0.1) is 10.7 Å². The summed E-state index contributed by atoms with van der Waals surface area (Å²) in [4.78, 5) is 2.25. The lowest BCUT2D eigenvalue weighted by atomic mass is 10.1. The van der Waals surface area contributed by atoms with Gasteiger partial charge in [-0.3, -0.25) is 0 Å². The maximum absolute atomic E-state index is 6.39. The molecule has 108 valence electrons. The Bertz CT molecular complexity index is 379. The van der Waals surface area contributed by atoms with Crippen LogP contribution >= 0.6 is 11.6 Å².